The zero-order valence-corrected chi connectivity index (χ0v) is 35.5. The van der Waals surface area contributed by atoms with Crippen molar-refractivity contribution >= 4 is 5.91 Å². The van der Waals surface area contributed by atoms with E-state index in [0.29, 0.717) is 6.42 Å². The Kier molecular flexibility index (Phi) is 43.4. The molecule has 3 N–H and O–H groups in total. The van der Waals surface area contributed by atoms with Crippen molar-refractivity contribution in [2.75, 3.05) is 6.61 Å². The highest BCUT2D eigenvalue weighted by Gasteiger charge is 2.17. The van der Waals surface area contributed by atoms with E-state index in [4.69, 9.17) is 0 Å². The predicted octanol–water partition coefficient (Wildman–Crippen LogP) is 14.7. The number of rotatable bonds is 42. The second-order valence-corrected chi connectivity index (χ2v) is 15.8. The topological polar surface area (TPSA) is 69.6 Å². The number of amides is 1. The highest BCUT2D eigenvalue weighted by atomic mass is 16.3. The normalized spacial score (nSPS) is 13.4. The summed E-state index contributed by atoms with van der Waals surface area (Å²) >= 11 is 0. The van der Waals surface area contributed by atoms with Crippen LogP contribution in [0.25, 0.3) is 0 Å². The van der Waals surface area contributed by atoms with E-state index >= 15 is 0 Å². The molecule has 53 heavy (non-hydrogen) atoms. The summed E-state index contributed by atoms with van der Waals surface area (Å²) in [4.78, 5) is 12.4. The summed E-state index contributed by atoms with van der Waals surface area (Å²) in [6, 6.07) is -0.649. The number of aliphatic hydroxyl groups excluding tert-OH is 2. The van der Waals surface area contributed by atoms with Crippen LogP contribution in [0.15, 0.2) is 48.6 Å². The van der Waals surface area contributed by atoms with Crippen LogP contribution < -0.4 is 5.32 Å². The van der Waals surface area contributed by atoms with E-state index in [1.165, 1.54) is 167 Å². The third kappa shape index (κ3) is 41.4. The van der Waals surface area contributed by atoms with Crippen LogP contribution >= 0.6 is 0 Å². The van der Waals surface area contributed by atoms with Gasteiger partial charge in [0.1, 0.15) is 0 Å². The largest absolute Gasteiger partial charge is 0.394 e. The van der Waals surface area contributed by atoms with Gasteiger partial charge in [-0.25, -0.2) is 0 Å². The van der Waals surface area contributed by atoms with Gasteiger partial charge in [0.25, 0.3) is 0 Å². The van der Waals surface area contributed by atoms with Gasteiger partial charge in [0.15, 0.2) is 0 Å². The first-order chi connectivity index (χ1) is 26.2. The van der Waals surface area contributed by atoms with Gasteiger partial charge in [0, 0.05) is 6.42 Å². The first-order valence-corrected chi connectivity index (χ1v) is 23.4. The van der Waals surface area contributed by atoms with Gasteiger partial charge < -0.3 is 15.5 Å². The molecule has 0 rings (SSSR count). The molecule has 4 nitrogen and oxygen atoms in total. The molecule has 0 radical (unpaired) electrons. The second kappa shape index (κ2) is 44.7. The third-order valence-corrected chi connectivity index (χ3v) is 10.5. The molecule has 0 spiro atoms. The average molecular weight is 742 g/mol. The van der Waals surface area contributed by atoms with E-state index in [2.05, 4.69) is 55.6 Å². The van der Waals surface area contributed by atoms with Crippen molar-refractivity contribution in [3.63, 3.8) is 0 Å². The molecule has 0 saturated carbocycles. The Morgan fingerprint density at radius 3 is 1.09 bits per heavy atom. The van der Waals surface area contributed by atoms with Gasteiger partial charge in [0.2, 0.25) is 5.91 Å². The maximum atomic E-state index is 12.4. The van der Waals surface area contributed by atoms with E-state index < -0.39 is 12.1 Å². The van der Waals surface area contributed by atoms with Crippen molar-refractivity contribution in [2.24, 2.45) is 0 Å². The lowest BCUT2D eigenvalue weighted by Crippen LogP contribution is -2.45. The Bertz CT molecular complexity index is 847. The predicted molar refractivity (Wildman–Crippen MR) is 235 cm³/mol. The number of hydrogen-bond acceptors (Lipinski definition) is 3. The SMILES string of the molecule is CCCCCCC/C=C\CCCCCCCC(=O)NC(CO)C(O)/C=C/CC/C=C/CC/C=C/CCCCCCCCCCCCCCCCCCC. The van der Waals surface area contributed by atoms with Gasteiger partial charge in [-0.3, -0.25) is 4.79 Å². The molecular weight excluding hydrogens is 651 g/mol. The molecule has 0 heterocycles. The molecule has 4 heteroatoms. The molecule has 1 amide bonds. The molecule has 0 saturated heterocycles. The molecular formula is C49H91NO3. The van der Waals surface area contributed by atoms with Gasteiger partial charge >= 0.3 is 0 Å². The molecule has 0 bridgehead atoms. The van der Waals surface area contributed by atoms with Crippen LogP contribution in [0.2, 0.25) is 0 Å². The van der Waals surface area contributed by atoms with Crippen LogP contribution in [-0.2, 0) is 4.79 Å². The minimum atomic E-state index is -0.873. The number of hydrogen-bond donors (Lipinski definition) is 3. The minimum absolute atomic E-state index is 0.0874. The zero-order valence-electron chi connectivity index (χ0n) is 35.5. The van der Waals surface area contributed by atoms with E-state index in [9.17, 15) is 15.0 Å². The molecule has 0 aliphatic rings. The fourth-order valence-electron chi connectivity index (χ4n) is 6.91. The number of carbonyl (C=O) groups is 1. The Morgan fingerprint density at radius 2 is 0.736 bits per heavy atom. The van der Waals surface area contributed by atoms with Crippen LogP contribution in [-0.4, -0.2) is 34.9 Å². The molecule has 0 aromatic rings. The Morgan fingerprint density at radius 1 is 0.434 bits per heavy atom. The molecule has 0 aliphatic carbocycles. The molecule has 2 atom stereocenters. The quantitative estimate of drug-likeness (QED) is 0.0431. The summed E-state index contributed by atoms with van der Waals surface area (Å²) < 4.78 is 0. The molecule has 310 valence electrons. The smallest absolute Gasteiger partial charge is 0.220 e. The zero-order chi connectivity index (χ0) is 38.6. The van der Waals surface area contributed by atoms with Gasteiger partial charge in [-0.05, 0) is 70.6 Å². The Labute approximate surface area is 331 Å². The van der Waals surface area contributed by atoms with E-state index in [1.807, 2.05) is 6.08 Å². The van der Waals surface area contributed by atoms with Crippen molar-refractivity contribution in [3.8, 4) is 0 Å². The lowest BCUT2D eigenvalue weighted by Gasteiger charge is -2.19. The van der Waals surface area contributed by atoms with Crippen molar-refractivity contribution < 1.29 is 15.0 Å². The average Bonchev–Trinajstić information content (AvgIpc) is 3.16. The minimum Gasteiger partial charge on any atom is -0.394 e. The summed E-state index contributed by atoms with van der Waals surface area (Å²) in [6.45, 7) is 4.28. The van der Waals surface area contributed by atoms with Crippen LogP contribution in [0, 0.1) is 0 Å². The highest BCUT2D eigenvalue weighted by molar-refractivity contribution is 5.76. The molecule has 2 unspecified atom stereocenters. The third-order valence-electron chi connectivity index (χ3n) is 10.5. The van der Waals surface area contributed by atoms with Crippen LogP contribution in [0.5, 0.6) is 0 Å². The molecule has 0 aromatic heterocycles. The molecule has 0 aromatic carbocycles. The maximum Gasteiger partial charge on any atom is 0.220 e. The van der Waals surface area contributed by atoms with Gasteiger partial charge in [0.05, 0.1) is 18.8 Å². The lowest BCUT2D eigenvalue weighted by molar-refractivity contribution is -0.123. The number of carbonyl (C=O) groups excluding carboxylic acids is 1. The first kappa shape index (κ1) is 51.4. The fraction of sp³-hybridized carbons (Fsp3) is 0.816. The summed E-state index contributed by atoms with van der Waals surface area (Å²) in [6.07, 6.45) is 61.0. The Hall–Kier alpha value is -1.65. The monoisotopic (exact) mass is 742 g/mol. The lowest BCUT2D eigenvalue weighted by atomic mass is 10.0. The summed E-state index contributed by atoms with van der Waals surface area (Å²) in [5.41, 5.74) is 0. The Balaban J connectivity index is 3.60. The number of aliphatic hydroxyl groups is 2. The highest BCUT2D eigenvalue weighted by Crippen LogP contribution is 2.15. The van der Waals surface area contributed by atoms with E-state index in [0.717, 1.165) is 51.4 Å². The van der Waals surface area contributed by atoms with Gasteiger partial charge in [-0.15, -0.1) is 0 Å². The van der Waals surface area contributed by atoms with Crippen molar-refractivity contribution in [1.82, 2.24) is 5.32 Å². The van der Waals surface area contributed by atoms with Crippen molar-refractivity contribution in [3.05, 3.63) is 48.6 Å². The van der Waals surface area contributed by atoms with E-state index in [1.54, 1.807) is 6.08 Å². The van der Waals surface area contributed by atoms with Gasteiger partial charge in [-0.1, -0.05) is 210 Å². The van der Waals surface area contributed by atoms with E-state index in [-0.39, 0.29) is 12.5 Å². The van der Waals surface area contributed by atoms with Crippen LogP contribution in [0.1, 0.15) is 239 Å². The standard InChI is InChI=1S/C49H91NO3/c1-3-5-7-9-11-13-15-17-19-20-21-22-23-24-25-26-27-28-29-30-31-32-34-36-38-40-42-44-48(52)47(46-51)50-49(53)45-43-41-39-37-35-33-18-16-14-12-10-8-6-4-2/h16,18,29-30,34,36,42,44,47-48,51-52H,3-15,17,19-28,31-33,35,37-41,43,45-46H2,1-2H3,(H,50,53)/b18-16-,30-29+,36-34+,44-42+. The maximum absolute atomic E-state index is 12.4. The summed E-state index contributed by atoms with van der Waals surface area (Å²) in [5, 5.41) is 23.0. The number of unbranched alkanes of at least 4 members (excludes halogenated alkanes) is 29. The van der Waals surface area contributed by atoms with Crippen molar-refractivity contribution in [2.45, 2.75) is 251 Å². The second-order valence-electron chi connectivity index (χ2n) is 15.8. The van der Waals surface area contributed by atoms with Crippen LogP contribution in [0.3, 0.4) is 0 Å². The van der Waals surface area contributed by atoms with Crippen molar-refractivity contribution in [1.29, 1.82) is 0 Å². The van der Waals surface area contributed by atoms with Gasteiger partial charge in [-0.2, -0.15) is 0 Å². The molecule has 0 fully saturated rings. The van der Waals surface area contributed by atoms with Crippen LogP contribution in [0.4, 0.5) is 0 Å². The number of nitrogens with one attached hydrogen (secondary N) is 1. The summed E-state index contributed by atoms with van der Waals surface area (Å²) in [7, 11) is 0. The molecule has 0 aliphatic heterocycles. The first-order valence-electron chi connectivity index (χ1n) is 23.4. The fourth-order valence-corrected chi connectivity index (χ4v) is 6.91. The number of allylic oxidation sites excluding steroid dienone is 7. The summed E-state index contributed by atoms with van der Waals surface area (Å²) in [5.74, 6) is -0.0874.